The van der Waals surface area contributed by atoms with Crippen molar-refractivity contribution in [1.29, 1.82) is 0 Å². The molecule has 0 atom stereocenters. The first-order chi connectivity index (χ1) is 8.34. The van der Waals surface area contributed by atoms with Crippen molar-refractivity contribution >= 4 is 24.2 Å². The van der Waals surface area contributed by atoms with Gasteiger partial charge in [-0.3, -0.25) is 0 Å². The summed E-state index contributed by atoms with van der Waals surface area (Å²) in [6, 6.07) is 7.96. The summed E-state index contributed by atoms with van der Waals surface area (Å²) >= 11 is 4.21. The minimum absolute atomic E-state index is 0.158. The minimum Gasteiger partial charge on any atom is -0.478 e. The van der Waals surface area contributed by atoms with E-state index in [1.165, 1.54) is 0 Å². The van der Waals surface area contributed by atoms with Crippen LogP contribution < -0.4 is 0 Å². The van der Waals surface area contributed by atoms with Crippen molar-refractivity contribution in [1.82, 2.24) is 0 Å². The third-order valence-corrected chi connectivity index (χ3v) is 2.88. The second kappa shape index (κ2) is 5.94. The van der Waals surface area contributed by atoms with Gasteiger partial charge in [0.15, 0.2) is 0 Å². The third-order valence-electron chi connectivity index (χ3n) is 2.52. The van der Waals surface area contributed by atoms with Gasteiger partial charge in [0.1, 0.15) is 0 Å². The second-order valence-electron chi connectivity index (χ2n) is 5.11. The molecule has 1 aromatic carbocycles. The standard InChI is InChI=1S/C15H18O2S/c1-15(2,3)13(8-9-14(16)17)12-6-4-11(10-18)5-7-12/h4-7,9,18H,10H2,1-3H3,(H,16,17). The van der Waals surface area contributed by atoms with Crippen molar-refractivity contribution in [3.05, 3.63) is 47.2 Å². The Morgan fingerprint density at radius 3 is 2.28 bits per heavy atom. The average molecular weight is 262 g/mol. The van der Waals surface area contributed by atoms with E-state index in [0.717, 1.165) is 22.8 Å². The summed E-state index contributed by atoms with van der Waals surface area (Å²) in [6.07, 6.45) is 1.06. The average Bonchev–Trinajstić information content (AvgIpc) is 2.28. The SMILES string of the molecule is CC(C)(C)C(=C=CC(=O)O)c1ccc(CS)cc1. The highest BCUT2D eigenvalue weighted by molar-refractivity contribution is 7.79. The van der Waals surface area contributed by atoms with Crippen LogP contribution in [0.4, 0.5) is 0 Å². The van der Waals surface area contributed by atoms with E-state index >= 15 is 0 Å². The molecule has 3 heteroatoms. The largest absolute Gasteiger partial charge is 0.478 e. The Morgan fingerprint density at radius 1 is 1.33 bits per heavy atom. The molecule has 0 fully saturated rings. The molecule has 0 saturated carbocycles. The summed E-state index contributed by atoms with van der Waals surface area (Å²) in [4.78, 5) is 10.6. The van der Waals surface area contributed by atoms with Crippen LogP contribution in [0.5, 0.6) is 0 Å². The van der Waals surface area contributed by atoms with Crippen LogP contribution in [0.3, 0.4) is 0 Å². The van der Waals surface area contributed by atoms with E-state index in [1.54, 1.807) is 0 Å². The van der Waals surface area contributed by atoms with E-state index in [2.05, 4.69) is 18.4 Å². The van der Waals surface area contributed by atoms with Crippen LogP contribution in [0, 0.1) is 5.41 Å². The van der Waals surface area contributed by atoms with E-state index in [4.69, 9.17) is 5.11 Å². The van der Waals surface area contributed by atoms with Crippen LogP contribution in [0.25, 0.3) is 5.57 Å². The number of carbonyl (C=O) groups is 1. The van der Waals surface area contributed by atoms with Crippen molar-refractivity contribution in [2.45, 2.75) is 26.5 Å². The van der Waals surface area contributed by atoms with Gasteiger partial charge in [-0.15, -0.1) is 5.73 Å². The molecule has 0 aromatic heterocycles. The molecule has 2 nitrogen and oxygen atoms in total. The zero-order valence-electron chi connectivity index (χ0n) is 10.9. The first kappa shape index (κ1) is 14.6. The number of carboxylic acid groups (broad SMARTS) is 1. The Balaban J connectivity index is 3.27. The third kappa shape index (κ3) is 4.10. The lowest BCUT2D eigenvalue weighted by atomic mass is 9.82. The Kier molecular flexibility index (Phi) is 4.83. The van der Waals surface area contributed by atoms with Gasteiger partial charge in [-0.05, 0) is 16.5 Å². The van der Waals surface area contributed by atoms with E-state index in [-0.39, 0.29) is 5.41 Å². The maximum atomic E-state index is 10.6. The van der Waals surface area contributed by atoms with Gasteiger partial charge in [-0.2, -0.15) is 12.6 Å². The van der Waals surface area contributed by atoms with Gasteiger partial charge in [-0.25, -0.2) is 4.79 Å². The first-order valence-corrected chi connectivity index (χ1v) is 6.38. The maximum absolute atomic E-state index is 10.6. The normalized spacial score (nSPS) is 10.7. The van der Waals surface area contributed by atoms with E-state index in [1.807, 2.05) is 45.0 Å². The Labute approximate surface area is 113 Å². The molecule has 0 radical (unpaired) electrons. The molecule has 0 bridgehead atoms. The van der Waals surface area contributed by atoms with Crippen molar-refractivity contribution in [2.24, 2.45) is 5.41 Å². The van der Waals surface area contributed by atoms with Crippen molar-refractivity contribution in [3.8, 4) is 0 Å². The Bertz CT molecular complexity index is 486. The zero-order chi connectivity index (χ0) is 13.8. The van der Waals surface area contributed by atoms with Crippen molar-refractivity contribution < 1.29 is 9.90 Å². The number of aliphatic carboxylic acids is 1. The summed E-state index contributed by atoms with van der Waals surface area (Å²) in [7, 11) is 0. The number of thiol groups is 1. The molecule has 0 heterocycles. The minimum atomic E-state index is -0.983. The molecule has 1 rings (SSSR count). The van der Waals surface area contributed by atoms with Gasteiger partial charge in [0, 0.05) is 11.3 Å². The quantitative estimate of drug-likeness (QED) is 0.494. The summed E-state index contributed by atoms with van der Waals surface area (Å²) in [5.74, 6) is -0.288. The van der Waals surface area contributed by atoms with Gasteiger partial charge in [0.25, 0.3) is 0 Å². The maximum Gasteiger partial charge on any atom is 0.336 e. The van der Waals surface area contributed by atoms with Crippen LogP contribution in [-0.2, 0) is 10.5 Å². The monoisotopic (exact) mass is 262 g/mol. The van der Waals surface area contributed by atoms with Gasteiger partial charge in [0.05, 0.1) is 6.08 Å². The summed E-state index contributed by atoms with van der Waals surface area (Å²) < 4.78 is 0. The number of benzene rings is 1. The molecule has 0 aliphatic rings. The lowest BCUT2D eigenvalue weighted by molar-refractivity contribution is -0.131. The lowest BCUT2D eigenvalue weighted by Crippen LogP contribution is -2.08. The van der Waals surface area contributed by atoms with E-state index in [9.17, 15) is 4.79 Å². The summed E-state index contributed by atoms with van der Waals surface area (Å²) in [5.41, 5.74) is 5.74. The van der Waals surface area contributed by atoms with Gasteiger partial charge < -0.3 is 5.11 Å². The summed E-state index contributed by atoms with van der Waals surface area (Å²) in [5, 5.41) is 8.72. The topological polar surface area (TPSA) is 37.3 Å². The molecular formula is C15H18O2S. The fraction of sp³-hybridized carbons (Fsp3) is 0.333. The number of carboxylic acids is 1. The van der Waals surface area contributed by atoms with Crippen LogP contribution in [0.15, 0.2) is 36.1 Å². The molecule has 0 unspecified atom stereocenters. The fourth-order valence-corrected chi connectivity index (χ4v) is 1.85. The smallest absolute Gasteiger partial charge is 0.336 e. The van der Waals surface area contributed by atoms with Crippen LogP contribution in [0.1, 0.15) is 31.9 Å². The molecule has 1 aromatic rings. The molecule has 0 spiro atoms. The molecule has 0 saturated heterocycles. The lowest BCUT2D eigenvalue weighted by Gasteiger charge is -2.21. The summed E-state index contributed by atoms with van der Waals surface area (Å²) in [6.45, 7) is 6.12. The molecule has 1 N–H and O–H groups in total. The predicted octanol–water partition coefficient (Wildman–Crippen LogP) is 3.79. The number of hydrogen-bond donors (Lipinski definition) is 2. The molecule has 0 aliphatic heterocycles. The van der Waals surface area contributed by atoms with Gasteiger partial charge >= 0.3 is 5.97 Å². The Morgan fingerprint density at radius 2 is 1.89 bits per heavy atom. The first-order valence-electron chi connectivity index (χ1n) is 5.75. The van der Waals surface area contributed by atoms with Crippen LogP contribution in [-0.4, -0.2) is 11.1 Å². The second-order valence-corrected chi connectivity index (χ2v) is 5.42. The molecular weight excluding hydrogens is 244 g/mol. The number of rotatable bonds is 3. The Hall–Kier alpha value is -1.44. The predicted molar refractivity (Wildman–Crippen MR) is 77.7 cm³/mol. The molecule has 0 aliphatic carbocycles. The van der Waals surface area contributed by atoms with E-state index in [0.29, 0.717) is 5.75 Å². The fourth-order valence-electron chi connectivity index (χ4n) is 1.64. The zero-order valence-corrected chi connectivity index (χ0v) is 11.8. The highest BCUT2D eigenvalue weighted by Crippen LogP contribution is 2.33. The molecule has 0 amide bonds. The van der Waals surface area contributed by atoms with Crippen LogP contribution >= 0.6 is 12.6 Å². The van der Waals surface area contributed by atoms with Crippen LogP contribution in [0.2, 0.25) is 0 Å². The van der Waals surface area contributed by atoms with Gasteiger partial charge in [-0.1, -0.05) is 45.0 Å². The van der Waals surface area contributed by atoms with Crippen molar-refractivity contribution in [3.63, 3.8) is 0 Å². The number of hydrogen-bond acceptors (Lipinski definition) is 2. The van der Waals surface area contributed by atoms with Gasteiger partial charge in [0.2, 0.25) is 0 Å². The molecule has 96 valence electrons. The van der Waals surface area contributed by atoms with Crippen molar-refractivity contribution in [2.75, 3.05) is 0 Å². The molecule has 18 heavy (non-hydrogen) atoms. The highest BCUT2D eigenvalue weighted by Gasteiger charge is 2.18. The highest BCUT2D eigenvalue weighted by atomic mass is 32.1. The van der Waals surface area contributed by atoms with E-state index < -0.39 is 5.97 Å².